The Kier molecular flexibility index (Phi) is 6.83. The normalized spacial score (nSPS) is 11.5. The Morgan fingerprint density at radius 3 is 2.12 bits per heavy atom. The molecule has 0 saturated carbocycles. The first kappa shape index (κ1) is 17.5. The lowest BCUT2D eigenvalue weighted by Gasteiger charge is -2.13. The summed E-state index contributed by atoms with van der Waals surface area (Å²) < 4.78 is 5.09. The molecule has 2 rings (SSSR count). The van der Waals surface area contributed by atoms with Gasteiger partial charge >= 0.3 is 12.1 Å². The van der Waals surface area contributed by atoms with Gasteiger partial charge in [0.1, 0.15) is 6.61 Å². The van der Waals surface area contributed by atoms with E-state index >= 15 is 0 Å². The summed E-state index contributed by atoms with van der Waals surface area (Å²) in [7, 11) is 0. The zero-order valence-corrected chi connectivity index (χ0v) is 13.4. The predicted octanol–water partition coefficient (Wildman–Crippen LogP) is 3.25. The molecule has 0 aliphatic rings. The van der Waals surface area contributed by atoms with Crippen molar-refractivity contribution in [2.45, 2.75) is 19.4 Å². The fourth-order valence-electron chi connectivity index (χ4n) is 2.33. The number of ether oxygens (including phenoxy) is 1. The minimum atomic E-state index is -0.863. The van der Waals surface area contributed by atoms with Gasteiger partial charge in [-0.2, -0.15) is 0 Å². The minimum Gasteiger partial charge on any atom is -0.481 e. The van der Waals surface area contributed by atoms with Crippen LogP contribution < -0.4 is 5.32 Å². The minimum absolute atomic E-state index is 0.193. The molecule has 0 fully saturated rings. The zero-order chi connectivity index (χ0) is 17.2. The lowest BCUT2D eigenvalue weighted by atomic mass is 9.96. The summed E-state index contributed by atoms with van der Waals surface area (Å²) in [6.45, 7) is 0.455. The van der Waals surface area contributed by atoms with E-state index in [-0.39, 0.29) is 13.2 Å². The first-order chi connectivity index (χ1) is 11.6. The molecule has 1 amide bonds. The highest BCUT2D eigenvalue weighted by molar-refractivity contribution is 5.71. The number of amides is 1. The van der Waals surface area contributed by atoms with Crippen molar-refractivity contribution in [3.8, 4) is 0 Å². The molecule has 2 N–H and O–H groups in total. The van der Waals surface area contributed by atoms with Gasteiger partial charge in [-0.3, -0.25) is 4.79 Å². The second kappa shape index (κ2) is 9.35. The van der Waals surface area contributed by atoms with E-state index in [1.165, 1.54) is 0 Å². The molecule has 1 atom stereocenters. The van der Waals surface area contributed by atoms with Crippen molar-refractivity contribution in [2.24, 2.45) is 5.92 Å². The fourth-order valence-corrected chi connectivity index (χ4v) is 2.33. The van der Waals surface area contributed by atoms with E-state index in [4.69, 9.17) is 4.74 Å². The first-order valence-electron chi connectivity index (χ1n) is 7.86. The molecule has 5 heteroatoms. The summed E-state index contributed by atoms with van der Waals surface area (Å²) in [6, 6.07) is 18.8. The van der Waals surface area contributed by atoms with Gasteiger partial charge in [-0.05, 0) is 24.0 Å². The van der Waals surface area contributed by atoms with Crippen LogP contribution >= 0.6 is 0 Å². The van der Waals surface area contributed by atoms with Crippen LogP contribution in [0.25, 0.3) is 0 Å². The van der Waals surface area contributed by atoms with E-state index in [0.717, 1.165) is 11.1 Å². The van der Waals surface area contributed by atoms with Crippen LogP contribution in [-0.4, -0.2) is 23.7 Å². The highest BCUT2D eigenvalue weighted by Crippen LogP contribution is 2.12. The number of benzene rings is 2. The molecule has 0 heterocycles. The lowest BCUT2D eigenvalue weighted by molar-refractivity contribution is -0.141. The third kappa shape index (κ3) is 6.12. The Labute approximate surface area is 141 Å². The molecular formula is C19H21NO4. The smallest absolute Gasteiger partial charge is 0.407 e. The molecule has 0 aliphatic carbocycles. The van der Waals surface area contributed by atoms with E-state index < -0.39 is 18.0 Å². The van der Waals surface area contributed by atoms with Crippen molar-refractivity contribution >= 4 is 12.1 Å². The summed E-state index contributed by atoms with van der Waals surface area (Å²) >= 11 is 0. The third-order valence-corrected chi connectivity index (χ3v) is 3.65. The molecular weight excluding hydrogens is 306 g/mol. The van der Waals surface area contributed by atoms with Gasteiger partial charge in [-0.15, -0.1) is 0 Å². The topological polar surface area (TPSA) is 75.6 Å². The predicted molar refractivity (Wildman–Crippen MR) is 90.5 cm³/mol. The molecule has 1 unspecified atom stereocenters. The summed E-state index contributed by atoms with van der Waals surface area (Å²) in [4.78, 5) is 23.0. The van der Waals surface area contributed by atoms with Crippen LogP contribution in [0.1, 0.15) is 17.5 Å². The van der Waals surface area contributed by atoms with Gasteiger partial charge in [0, 0.05) is 6.54 Å². The SMILES string of the molecule is O=C(NCCC(Cc1ccccc1)C(=O)O)OCc1ccccc1. The van der Waals surface area contributed by atoms with Gasteiger partial charge in [0.2, 0.25) is 0 Å². The molecule has 24 heavy (non-hydrogen) atoms. The van der Waals surface area contributed by atoms with Crippen molar-refractivity contribution in [1.29, 1.82) is 0 Å². The maximum absolute atomic E-state index is 11.6. The summed E-state index contributed by atoms with van der Waals surface area (Å²) in [5, 5.41) is 11.9. The van der Waals surface area contributed by atoms with Crippen LogP contribution in [-0.2, 0) is 22.6 Å². The van der Waals surface area contributed by atoms with Gasteiger partial charge in [-0.25, -0.2) is 4.79 Å². The van der Waals surface area contributed by atoms with Gasteiger partial charge in [0.25, 0.3) is 0 Å². The standard InChI is InChI=1S/C19H21NO4/c21-18(22)17(13-15-7-3-1-4-8-15)11-12-20-19(23)24-14-16-9-5-2-6-10-16/h1-10,17H,11-14H2,(H,20,23)(H,21,22). The largest absolute Gasteiger partial charge is 0.481 e. The highest BCUT2D eigenvalue weighted by Gasteiger charge is 2.18. The quantitative estimate of drug-likeness (QED) is 0.780. The number of nitrogens with one attached hydrogen (secondary N) is 1. The molecule has 0 aromatic heterocycles. The maximum Gasteiger partial charge on any atom is 0.407 e. The second-order valence-corrected chi connectivity index (χ2v) is 5.50. The fraction of sp³-hybridized carbons (Fsp3) is 0.263. The van der Waals surface area contributed by atoms with Gasteiger partial charge in [0.15, 0.2) is 0 Å². The summed E-state index contributed by atoms with van der Waals surface area (Å²) in [5.41, 5.74) is 1.87. The Morgan fingerprint density at radius 2 is 1.54 bits per heavy atom. The van der Waals surface area contributed by atoms with Crippen LogP contribution in [0.5, 0.6) is 0 Å². The zero-order valence-electron chi connectivity index (χ0n) is 13.4. The molecule has 0 spiro atoms. The second-order valence-electron chi connectivity index (χ2n) is 5.50. The first-order valence-corrected chi connectivity index (χ1v) is 7.86. The number of carbonyl (C=O) groups excluding carboxylic acids is 1. The molecule has 5 nitrogen and oxygen atoms in total. The van der Waals surface area contributed by atoms with E-state index in [2.05, 4.69) is 5.32 Å². The van der Waals surface area contributed by atoms with Crippen molar-refractivity contribution in [1.82, 2.24) is 5.32 Å². The van der Waals surface area contributed by atoms with Gasteiger partial charge < -0.3 is 15.2 Å². The van der Waals surface area contributed by atoms with E-state index in [9.17, 15) is 14.7 Å². The van der Waals surface area contributed by atoms with Crippen molar-refractivity contribution in [3.63, 3.8) is 0 Å². The maximum atomic E-state index is 11.6. The van der Waals surface area contributed by atoms with Crippen LogP contribution in [0.4, 0.5) is 4.79 Å². The molecule has 0 radical (unpaired) electrons. The van der Waals surface area contributed by atoms with E-state index in [1.54, 1.807) is 0 Å². The average molecular weight is 327 g/mol. The van der Waals surface area contributed by atoms with Gasteiger partial charge in [0.05, 0.1) is 5.92 Å². The Hall–Kier alpha value is -2.82. The number of rotatable bonds is 8. The Balaban J connectivity index is 1.72. The number of carboxylic acid groups (broad SMARTS) is 1. The number of aliphatic carboxylic acids is 1. The van der Waals surface area contributed by atoms with Crippen molar-refractivity contribution < 1.29 is 19.4 Å². The molecule has 2 aromatic carbocycles. The number of carboxylic acids is 1. The Bertz CT molecular complexity index is 643. The number of carbonyl (C=O) groups is 2. The molecule has 0 aliphatic heterocycles. The number of hydrogen-bond donors (Lipinski definition) is 2. The summed E-state index contributed by atoms with van der Waals surface area (Å²) in [6.07, 6.45) is 0.254. The number of hydrogen-bond acceptors (Lipinski definition) is 3. The molecule has 126 valence electrons. The average Bonchev–Trinajstić information content (AvgIpc) is 2.61. The van der Waals surface area contributed by atoms with Crippen molar-refractivity contribution in [2.75, 3.05) is 6.54 Å². The Morgan fingerprint density at radius 1 is 0.958 bits per heavy atom. The number of alkyl carbamates (subject to hydrolysis) is 1. The lowest BCUT2D eigenvalue weighted by Crippen LogP contribution is -2.29. The summed E-state index contributed by atoms with van der Waals surface area (Å²) in [5.74, 6) is -1.40. The third-order valence-electron chi connectivity index (χ3n) is 3.65. The van der Waals surface area contributed by atoms with Crippen LogP contribution in [0.3, 0.4) is 0 Å². The highest BCUT2D eigenvalue weighted by atomic mass is 16.5. The van der Waals surface area contributed by atoms with Crippen LogP contribution in [0.2, 0.25) is 0 Å². The van der Waals surface area contributed by atoms with Gasteiger partial charge in [-0.1, -0.05) is 60.7 Å². The molecule has 2 aromatic rings. The molecule has 0 bridgehead atoms. The van der Waals surface area contributed by atoms with Crippen LogP contribution in [0.15, 0.2) is 60.7 Å². The van der Waals surface area contributed by atoms with E-state index in [1.807, 2.05) is 60.7 Å². The van der Waals surface area contributed by atoms with Crippen molar-refractivity contribution in [3.05, 3.63) is 71.8 Å². The van der Waals surface area contributed by atoms with E-state index in [0.29, 0.717) is 12.8 Å². The van der Waals surface area contributed by atoms with Crippen LogP contribution in [0, 0.1) is 5.92 Å². The molecule has 0 saturated heterocycles. The monoisotopic (exact) mass is 327 g/mol.